The number of carbonyl (C=O) groups excluding carboxylic acids is 1. The molecule has 0 spiro atoms. The van der Waals surface area contributed by atoms with E-state index in [4.69, 9.17) is 0 Å². The summed E-state index contributed by atoms with van der Waals surface area (Å²) in [5.74, 6) is 1.12. The van der Waals surface area contributed by atoms with E-state index in [1.54, 1.807) is 11.9 Å². The van der Waals surface area contributed by atoms with E-state index in [1.807, 2.05) is 35.9 Å². The van der Waals surface area contributed by atoms with Crippen LogP contribution in [0.1, 0.15) is 16.1 Å². The van der Waals surface area contributed by atoms with Crippen LogP contribution in [0.5, 0.6) is 0 Å². The number of ketones is 1. The molecule has 0 amide bonds. The molecular formula is C9H13NOS2. The van der Waals surface area contributed by atoms with Crippen molar-refractivity contribution >= 4 is 29.1 Å². The molecule has 0 aliphatic rings. The van der Waals surface area contributed by atoms with Gasteiger partial charge in [0.1, 0.15) is 0 Å². The second-order valence-corrected chi connectivity index (χ2v) is 5.14. The standard InChI is InChI=1S/C9H13NOS2/c1-10(2)13-7-5-8(11)9-4-3-6-12-9/h3-4,6H,5,7H2,1-2H3. The zero-order valence-corrected chi connectivity index (χ0v) is 9.45. The Bertz CT molecular complexity index is 257. The van der Waals surface area contributed by atoms with Gasteiger partial charge >= 0.3 is 0 Å². The first-order chi connectivity index (χ1) is 6.20. The smallest absolute Gasteiger partial charge is 0.173 e. The molecule has 1 aromatic rings. The Morgan fingerprint density at radius 1 is 1.62 bits per heavy atom. The molecule has 1 heterocycles. The third-order valence-electron chi connectivity index (χ3n) is 1.47. The van der Waals surface area contributed by atoms with Gasteiger partial charge in [0.25, 0.3) is 0 Å². The fourth-order valence-electron chi connectivity index (χ4n) is 0.881. The Balaban J connectivity index is 2.27. The average molecular weight is 215 g/mol. The van der Waals surface area contributed by atoms with Crippen LogP contribution in [-0.2, 0) is 0 Å². The second kappa shape index (κ2) is 5.42. The van der Waals surface area contributed by atoms with Crippen LogP contribution < -0.4 is 0 Å². The third-order valence-corrected chi connectivity index (χ3v) is 3.29. The van der Waals surface area contributed by atoms with Crippen molar-refractivity contribution in [2.45, 2.75) is 6.42 Å². The maximum Gasteiger partial charge on any atom is 0.173 e. The summed E-state index contributed by atoms with van der Waals surface area (Å²) >= 11 is 3.19. The molecule has 72 valence electrons. The Labute approximate surface area is 87.1 Å². The van der Waals surface area contributed by atoms with Gasteiger partial charge in [-0.3, -0.25) is 9.10 Å². The molecule has 0 bridgehead atoms. The highest BCUT2D eigenvalue weighted by atomic mass is 32.2. The summed E-state index contributed by atoms with van der Waals surface area (Å²) in [5.41, 5.74) is 0. The zero-order chi connectivity index (χ0) is 9.68. The molecule has 0 fully saturated rings. The Kier molecular flexibility index (Phi) is 4.48. The summed E-state index contributed by atoms with van der Waals surface area (Å²) in [6.45, 7) is 0. The van der Waals surface area contributed by atoms with Crippen LogP contribution in [0.2, 0.25) is 0 Å². The molecule has 0 atom stereocenters. The number of Topliss-reactive ketones (excluding diaryl/α,β-unsaturated/α-hetero) is 1. The first-order valence-electron chi connectivity index (χ1n) is 4.07. The van der Waals surface area contributed by atoms with E-state index in [0.717, 1.165) is 10.6 Å². The van der Waals surface area contributed by atoms with Crippen LogP contribution in [-0.4, -0.2) is 29.9 Å². The molecule has 4 heteroatoms. The fourth-order valence-corrected chi connectivity index (χ4v) is 2.22. The van der Waals surface area contributed by atoms with Gasteiger partial charge in [-0.05, 0) is 25.5 Å². The van der Waals surface area contributed by atoms with E-state index in [1.165, 1.54) is 11.3 Å². The molecule has 1 rings (SSSR count). The minimum atomic E-state index is 0.254. The van der Waals surface area contributed by atoms with Gasteiger partial charge in [0.2, 0.25) is 0 Å². The summed E-state index contributed by atoms with van der Waals surface area (Å²) in [6.07, 6.45) is 0.628. The highest BCUT2D eigenvalue weighted by molar-refractivity contribution is 7.96. The van der Waals surface area contributed by atoms with Crippen LogP contribution >= 0.6 is 23.3 Å². The molecule has 0 unspecified atom stereocenters. The van der Waals surface area contributed by atoms with Gasteiger partial charge in [0.05, 0.1) is 4.88 Å². The molecule has 2 nitrogen and oxygen atoms in total. The van der Waals surface area contributed by atoms with Crippen LogP contribution in [0.4, 0.5) is 0 Å². The van der Waals surface area contributed by atoms with Crippen molar-refractivity contribution in [3.05, 3.63) is 22.4 Å². The minimum Gasteiger partial charge on any atom is -0.293 e. The predicted octanol–water partition coefficient (Wildman–Crippen LogP) is 2.53. The average Bonchev–Trinajstić information content (AvgIpc) is 2.55. The zero-order valence-electron chi connectivity index (χ0n) is 7.82. The molecule has 0 aromatic carbocycles. The van der Waals surface area contributed by atoms with Gasteiger partial charge in [-0.25, -0.2) is 0 Å². The van der Waals surface area contributed by atoms with Crippen molar-refractivity contribution in [3.8, 4) is 0 Å². The lowest BCUT2D eigenvalue weighted by atomic mass is 10.3. The summed E-state index contributed by atoms with van der Waals surface area (Å²) in [4.78, 5) is 12.3. The molecule has 0 saturated carbocycles. The molecular weight excluding hydrogens is 202 g/mol. The third kappa shape index (κ3) is 3.93. The van der Waals surface area contributed by atoms with Gasteiger partial charge in [-0.15, -0.1) is 11.3 Å². The van der Waals surface area contributed by atoms with E-state index in [2.05, 4.69) is 0 Å². The minimum absolute atomic E-state index is 0.254. The van der Waals surface area contributed by atoms with Gasteiger partial charge in [0, 0.05) is 12.2 Å². The van der Waals surface area contributed by atoms with E-state index in [0.29, 0.717) is 6.42 Å². The molecule has 0 aliphatic heterocycles. The largest absolute Gasteiger partial charge is 0.293 e. The van der Waals surface area contributed by atoms with Crippen LogP contribution in [0, 0.1) is 0 Å². The Hall–Kier alpha value is -0.320. The van der Waals surface area contributed by atoms with E-state index in [9.17, 15) is 4.79 Å². The fraction of sp³-hybridized carbons (Fsp3) is 0.444. The lowest BCUT2D eigenvalue weighted by Gasteiger charge is -2.06. The molecule has 1 aromatic heterocycles. The first-order valence-corrected chi connectivity index (χ1v) is 5.89. The number of nitrogens with zero attached hydrogens (tertiary/aromatic N) is 1. The Morgan fingerprint density at radius 2 is 2.38 bits per heavy atom. The van der Waals surface area contributed by atoms with E-state index in [-0.39, 0.29) is 5.78 Å². The van der Waals surface area contributed by atoms with Gasteiger partial charge < -0.3 is 0 Å². The first kappa shape index (κ1) is 10.8. The maximum atomic E-state index is 11.5. The van der Waals surface area contributed by atoms with E-state index >= 15 is 0 Å². The predicted molar refractivity (Wildman–Crippen MR) is 59.4 cm³/mol. The summed E-state index contributed by atoms with van der Waals surface area (Å²) in [5, 5.41) is 1.94. The Morgan fingerprint density at radius 3 is 2.92 bits per heavy atom. The van der Waals surface area contributed by atoms with Crippen LogP contribution in [0.3, 0.4) is 0 Å². The molecule has 0 saturated heterocycles. The SMILES string of the molecule is CN(C)SCCC(=O)c1cccs1. The summed E-state index contributed by atoms with van der Waals surface area (Å²) < 4.78 is 2.02. The number of hydrogen-bond donors (Lipinski definition) is 0. The van der Waals surface area contributed by atoms with Crippen molar-refractivity contribution in [2.24, 2.45) is 0 Å². The maximum absolute atomic E-state index is 11.5. The van der Waals surface area contributed by atoms with Gasteiger partial charge in [0.15, 0.2) is 5.78 Å². The second-order valence-electron chi connectivity index (χ2n) is 2.80. The van der Waals surface area contributed by atoms with Crippen molar-refractivity contribution < 1.29 is 4.79 Å². The number of hydrogen-bond acceptors (Lipinski definition) is 4. The van der Waals surface area contributed by atoms with E-state index < -0.39 is 0 Å². The number of rotatable bonds is 5. The lowest BCUT2D eigenvalue weighted by molar-refractivity contribution is 0.0993. The molecule has 0 N–H and O–H groups in total. The molecule has 0 radical (unpaired) electrons. The quantitative estimate of drug-likeness (QED) is 0.556. The summed E-state index contributed by atoms with van der Waals surface area (Å²) in [7, 11) is 3.97. The van der Waals surface area contributed by atoms with Crippen LogP contribution in [0.15, 0.2) is 17.5 Å². The van der Waals surface area contributed by atoms with Crippen molar-refractivity contribution in [3.63, 3.8) is 0 Å². The van der Waals surface area contributed by atoms with Crippen LogP contribution in [0.25, 0.3) is 0 Å². The highest BCUT2D eigenvalue weighted by Crippen LogP contribution is 2.13. The normalized spacial score (nSPS) is 10.7. The highest BCUT2D eigenvalue weighted by Gasteiger charge is 2.06. The molecule has 0 aliphatic carbocycles. The van der Waals surface area contributed by atoms with Crippen molar-refractivity contribution in [1.82, 2.24) is 4.31 Å². The van der Waals surface area contributed by atoms with Crippen molar-refractivity contribution in [1.29, 1.82) is 0 Å². The van der Waals surface area contributed by atoms with Crippen molar-refractivity contribution in [2.75, 3.05) is 19.8 Å². The number of thiophene rings is 1. The summed E-state index contributed by atoms with van der Waals surface area (Å²) in [6, 6.07) is 3.80. The monoisotopic (exact) mass is 215 g/mol. The number of carbonyl (C=O) groups is 1. The van der Waals surface area contributed by atoms with Gasteiger partial charge in [-0.2, -0.15) is 0 Å². The topological polar surface area (TPSA) is 20.3 Å². The molecule has 13 heavy (non-hydrogen) atoms. The van der Waals surface area contributed by atoms with Gasteiger partial charge in [-0.1, -0.05) is 18.0 Å². The lowest BCUT2D eigenvalue weighted by Crippen LogP contribution is -2.04.